The van der Waals surface area contributed by atoms with E-state index < -0.39 is 0 Å². The predicted octanol–water partition coefficient (Wildman–Crippen LogP) is 3.18. The highest BCUT2D eigenvalue weighted by atomic mass is 16.2. The van der Waals surface area contributed by atoms with E-state index in [1.807, 2.05) is 6.92 Å². The van der Waals surface area contributed by atoms with Gasteiger partial charge in [-0.05, 0) is 73.5 Å². The van der Waals surface area contributed by atoms with Gasteiger partial charge in [0.15, 0.2) is 5.78 Å². The van der Waals surface area contributed by atoms with E-state index in [4.69, 9.17) is 0 Å². The standard InChI is InChI=1S/C20H27NO3/c1-10-5-6-14-17(19-13(4)16(23)8-15(10)19)11(2)7-12(3)18(14)20(24)21-9-22/h9-10,12,14-15,18H,5-8H2,1-4H3,(H,21,22,24). The Labute approximate surface area is 143 Å². The summed E-state index contributed by atoms with van der Waals surface area (Å²) in [6, 6.07) is 0. The number of allylic oxidation sites excluding steroid dienone is 4. The molecule has 0 aliphatic heterocycles. The van der Waals surface area contributed by atoms with Crippen LogP contribution in [-0.4, -0.2) is 18.1 Å². The molecule has 0 aromatic carbocycles. The number of ketones is 1. The maximum absolute atomic E-state index is 12.6. The van der Waals surface area contributed by atoms with E-state index in [0.717, 1.165) is 24.8 Å². The van der Waals surface area contributed by atoms with Crippen molar-refractivity contribution in [1.29, 1.82) is 0 Å². The Morgan fingerprint density at radius 2 is 1.75 bits per heavy atom. The molecule has 0 bridgehead atoms. The molecule has 0 spiro atoms. The Balaban J connectivity index is 2.12. The summed E-state index contributed by atoms with van der Waals surface area (Å²) in [7, 11) is 0. The van der Waals surface area contributed by atoms with Gasteiger partial charge >= 0.3 is 0 Å². The van der Waals surface area contributed by atoms with Gasteiger partial charge in [0, 0.05) is 12.3 Å². The van der Waals surface area contributed by atoms with Crippen LogP contribution in [-0.2, 0) is 14.4 Å². The lowest BCUT2D eigenvalue weighted by atomic mass is 9.66. The van der Waals surface area contributed by atoms with Crippen molar-refractivity contribution in [2.24, 2.45) is 29.6 Å². The molecular weight excluding hydrogens is 302 g/mol. The molecule has 3 aliphatic carbocycles. The van der Waals surface area contributed by atoms with Gasteiger partial charge in [-0.2, -0.15) is 0 Å². The summed E-state index contributed by atoms with van der Waals surface area (Å²) < 4.78 is 0. The fourth-order valence-electron chi connectivity index (χ4n) is 5.38. The van der Waals surface area contributed by atoms with Crippen molar-refractivity contribution in [2.75, 3.05) is 0 Å². The average molecular weight is 329 g/mol. The van der Waals surface area contributed by atoms with Crippen LogP contribution in [0.3, 0.4) is 0 Å². The second kappa shape index (κ2) is 6.30. The number of hydrogen-bond donors (Lipinski definition) is 1. The van der Waals surface area contributed by atoms with Gasteiger partial charge in [0.05, 0.1) is 0 Å². The number of amides is 2. The van der Waals surface area contributed by atoms with Gasteiger partial charge in [0.2, 0.25) is 12.3 Å². The molecule has 130 valence electrons. The summed E-state index contributed by atoms with van der Waals surface area (Å²) in [6.45, 7) is 8.43. The normalized spacial score (nSPS) is 36.2. The number of carbonyl (C=O) groups excluding carboxylic acids is 3. The fourth-order valence-corrected chi connectivity index (χ4v) is 5.38. The number of rotatable bonds is 2. The maximum atomic E-state index is 12.6. The molecule has 1 N–H and O–H groups in total. The van der Waals surface area contributed by atoms with Gasteiger partial charge in [0.25, 0.3) is 0 Å². The SMILES string of the molecule is CC1=C2C3=C(C)C(=O)CC3C(C)CCC2C(C(=O)NC=O)C(C)C1. The summed E-state index contributed by atoms with van der Waals surface area (Å²) in [5.41, 5.74) is 4.71. The van der Waals surface area contributed by atoms with Crippen LogP contribution in [0.2, 0.25) is 0 Å². The van der Waals surface area contributed by atoms with E-state index in [-0.39, 0.29) is 29.4 Å². The molecule has 0 saturated heterocycles. The second-order valence-electron chi connectivity index (χ2n) is 7.96. The fraction of sp³-hybridized carbons (Fsp3) is 0.650. The molecule has 24 heavy (non-hydrogen) atoms. The molecule has 0 aromatic rings. The minimum atomic E-state index is -0.184. The van der Waals surface area contributed by atoms with Crippen molar-refractivity contribution < 1.29 is 14.4 Å². The Morgan fingerprint density at radius 1 is 1.04 bits per heavy atom. The minimum Gasteiger partial charge on any atom is -0.299 e. The molecule has 4 heteroatoms. The predicted molar refractivity (Wildman–Crippen MR) is 91.9 cm³/mol. The molecule has 1 saturated carbocycles. The highest BCUT2D eigenvalue weighted by Gasteiger charge is 2.46. The highest BCUT2D eigenvalue weighted by molar-refractivity contribution is 6.00. The molecule has 0 heterocycles. The van der Waals surface area contributed by atoms with Crippen molar-refractivity contribution >= 4 is 18.1 Å². The molecule has 3 aliphatic rings. The van der Waals surface area contributed by atoms with Gasteiger partial charge in [-0.25, -0.2) is 0 Å². The molecular formula is C20H27NO3. The van der Waals surface area contributed by atoms with E-state index in [1.54, 1.807) is 0 Å². The average Bonchev–Trinajstić information content (AvgIpc) is 2.72. The zero-order valence-corrected chi connectivity index (χ0v) is 15.0. The number of hydrogen-bond acceptors (Lipinski definition) is 3. The van der Waals surface area contributed by atoms with E-state index in [2.05, 4.69) is 26.1 Å². The monoisotopic (exact) mass is 329 g/mol. The van der Waals surface area contributed by atoms with Crippen LogP contribution in [0.4, 0.5) is 0 Å². The molecule has 3 rings (SSSR count). The van der Waals surface area contributed by atoms with Gasteiger partial charge < -0.3 is 0 Å². The summed E-state index contributed by atoms with van der Waals surface area (Å²) in [5.74, 6) is 1.00. The Kier molecular flexibility index (Phi) is 4.50. The number of carbonyl (C=O) groups is 3. The molecule has 1 fully saturated rings. The quantitative estimate of drug-likeness (QED) is 0.791. The Hall–Kier alpha value is -1.71. The zero-order chi connectivity index (χ0) is 17.6. The largest absolute Gasteiger partial charge is 0.299 e. The Morgan fingerprint density at radius 3 is 2.42 bits per heavy atom. The first-order valence-corrected chi connectivity index (χ1v) is 9.04. The van der Waals surface area contributed by atoms with Crippen LogP contribution in [0.5, 0.6) is 0 Å². The minimum absolute atomic E-state index is 0.122. The van der Waals surface area contributed by atoms with Crippen LogP contribution >= 0.6 is 0 Å². The molecule has 0 aromatic heterocycles. The lowest BCUT2D eigenvalue weighted by molar-refractivity contribution is -0.131. The van der Waals surface area contributed by atoms with Crippen molar-refractivity contribution in [1.82, 2.24) is 5.32 Å². The molecule has 4 nitrogen and oxygen atoms in total. The number of imide groups is 1. The van der Waals surface area contributed by atoms with E-state index in [0.29, 0.717) is 24.7 Å². The summed E-state index contributed by atoms with van der Waals surface area (Å²) in [5, 5.41) is 2.38. The summed E-state index contributed by atoms with van der Waals surface area (Å²) in [6.07, 6.45) is 3.94. The molecule has 0 radical (unpaired) electrons. The van der Waals surface area contributed by atoms with Gasteiger partial charge in [-0.15, -0.1) is 0 Å². The van der Waals surface area contributed by atoms with E-state index >= 15 is 0 Å². The van der Waals surface area contributed by atoms with Crippen molar-refractivity contribution in [3.63, 3.8) is 0 Å². The van der Waals surface area contributed by atoms with Crippen LogP contribution < -0.4 is 5.32 Å². The van der Waals surface area contributed by atoms with Crippen molar-refractivity contribution in [3.8, 4) is 0 Å². The highest BCUT2D eigenvalue weighted by Crippen LogP contribution is 2.53. The van der Waals surface area contributed by atoms with Crippen molar-refractivity contribution in [2.45, 2.75) is 53.4 Å². The van der Waals surface area contributed by atoms with Crippen LogP contribution in [0.25, 0.3) is 0 Å². The molecule has 5 unspecified atom stereocenters. The number of Topliss-reactive ketones (excluding diaryl/α,β-unsaturated/α-hetero) is 1. The Bertz CT molecular complexity index is 658. The topological polar surface area (TPSA) is 63.2 Å². The van der Waals surface area contributed by atoms with Crippen LogP contribution in [0.1, 0.15) is 53.4 Å². The van der Waals surface area contributed by atoms with E-state index in [1.165, 1.54) is 16.7 Å². The first kappa shape index (κ1) is 17.1. The first-order valence-electron chi connectivity index (χ1n) is 9.04. The number of fused-ring (bicyclic) bond motifs is 3. The zero-order valence-electron chi connectivity index (χ0n) is 15.0. The third-order valence-electron chi connectivity index (χ3n) is 6.52. The first-order chi connectivity index (χ1) is 11.4. The third kappa shape index (κ3) is 2.56. The third-order valence-corrected chi connectivity index (χ3v) is 6.52. The van der Waals surface area contributed by atoms with Gasteiger partial charge in [0.1, 0.15) is 0 Å². The van der Waals surface area contributed by atoms with Gasteiger partial charge in [-0.1, -0.05) is 19.4 Å². The van der Waals surface area contributed by atoms with Crippen LogP contribution in [0, 0.1) is 29.6 Å². The smallest absolute Gasteiger partial charge is 0.230 e. The van der Waals surface area contributed by atoms with Crippen molar-refractivity contribution in [3.05, 3.63) is 22.3 Å². The van der Waals surface area contributed by atoms with Crippen LogP contribution in [0.15, 0.2) is 22.3 Å². The summed E-state index contributed by atoms with van der Waals surface area (Å²) in [4.78, 5) is 35.7. The van der Waals surface area contributed by atoms with E-state index in [9.17, 15) is 14.4 Å². The number of nitrogens with one attached hydrogen (secondary N) is 1. The van der Waals surface area contributed by atoms with Gasteiger partial charge in [-0.3, -0.25) is 19.7 Å². The lowest BCUT2D eigenvalue weighted by Crippen LogP contribution is -2.41. The lowest BCUT2D eigenvalue weighted by Gasteiger charge is -2.38. The second-order valence-corrected chi connectivity index (χ2v) is 7.96. The summed E-state index contributed by atoms with van der Waals surface area (Å²) >= 11 is 0. The molecule has 5 atom stereocenters. The molecule has 2 amide bonds. The maximum Gasteiger partial charge on any atom is 0.230 e.